The predicted molar refractivity (Wildman–Crippen MR) is 103 cm³/mol. The third-order valence-electron chi connectivity index (χ3n) is 5.78. The van der Waals surface area contributed by atoms with Crippen molar-refractivity contribution in [1.29, 1.82) is 0 Å². The normalized spacial score (nSPS) is 34.5. The van der Waals surface area contributed by atoms with Gasteiger partial charge in [-0.2, -0.15) is 0 Å². The van der Waals surface area contributed by atoms with Gasteiger partial charge in [-0.05, 0) is 16.7 Å². The summed E-state index contributed by atoms with van der Waals surface area (Å²) in [5.74, 6) is 0. The molecule has 0 N–H and O–H groups in total. The van der Waals surface area contributed by atoms with Crippen LogP contribution in [0.15, 0.2) is 72.8 Å². The van der Waals surface area contributed by atoms with Gasteiger partial charge in [0, 0.05) is 19.3 Å². The van der Waals surface area contributed by atoms with Crippen LogP contribution in [0.4, 0.5) is 0 Å². The van der Waals surface area contributed by atoms with Crippen molar-refractivity contribution in [1.82, 2.24) is 0 Å². The quantitative estimate of drug-likeness (QED) is 0.546. The molecule has 0 amide bonds. The van der Waals surface area contributed by atoms with Gasteiger partial charge in [0.2, 0.25) is 0 Å². The number of hydrogen-bond donors (Lipinski definition) is 0. The van der Waals surface area contributed by atoms with E-state index in [0.717, 1.165) is 23.1 Å². The predicted octanol–water partition coefficient (Wildman–Crippen LogP) is 4.56. The standard InChI is InChI=1S/C23H24O6/c1-15(18-12-20(26-24-18)16-8-4-2-5-9-16)19-13-22(28-25-19)23-14-21(27-29-23)17-10-6-3-7-11-17/h2-11,18-23H,1,12-14H2. The molecular formula is C23H24O6. The number of benzene rings is 2. The van der Waals surface area contributed by atoms with Gasteiger partial charge in [-0.1, -0.05) is 67.2 Å². The molecule has 6 atom stereocenters. The summed E-state index contributed by atoms with van der Waals surface area (Å²) >= 11 is 0. The van der Waals surface area contributed by atoms with Crippen molar-refractivity contribution >= 4 is 0 Å². The van der Waals surface area contributed by atoms with Crippen LogP contribution in [0, 0.1) is 0 Å². The van der Waals surface area contributed by atoms with Crippen molar-refractivity contribution in [3.63, 3.8) is 0 Å². The van der Waals surface area contributed by atoms with Crippen LogP contribution >= 0.6 is 0 Å². The van der Waals surface area contributed by atoms with Crippen LogP contribution in [0.25, 0.3) is 0 Å². The van der Waals surface area contributed by atoms with E-state index in [1.54, 1.807) is 0 Å². The zero-order valence-electron chi connectivity index (χ0n) is 16.0. The van der Waals surface area contributed by atoms with Gasteiger partial charge >= 0.3 is 0 Å². The first kappa shape index (κ1) is 18.9. The van der Waals surface area contributed by atoms with Gasteiger partial charge in [-0.15, -0.1) is 0 Å². The third-order valence-corrected chi connectivity index (χ3v) is 5.78. The average molecular weight is 396 g/mol. The Labute approximate surface area is 169 Å². The highest BCUT2D eigenvalue weighted by molar-refractivity contribution is 5.21. The minimum atomic E-state index is -0.262. The summed E-state index contributed by atoms with van der Waals surface area (Å²) in [6.45, 7) is 4.19. The summed E-state index contributed by atoms with van der Waals surface area (Å²) < 4.78 is 0. The lowest BCUT2D eigenvalue weighted by atomic mass is 9.93. The Morgan fingerprint density at radius 2 is 1.07 bits per heavy atom. The Morgan fingerprint density at radius 1 is 0.586 bits per heavy atom. The highest BCUT2D eigenvalue weighted by Gasteiger charge is 2.44. The maximum Gasteiger partial charge on any atom is 0.125 e. The molecule has 3 fully saturated rings. The fourth-order valence-electron chi connectivity index (χ4n) is 4.04. The van der Waals surface area contributed by atoms with Gasteiger partial charge in [0.05, 0.1) is 0 Å². The number of rotatable bonds is 5. The zero-order valence-corrected chi connectivity index (χ0v) is 16.0. The molecule has 0 spiro atoms. The molecule has 152 valence electrons. The van der Waals surface area contributed by atoms with E-state index in [-0.39, 0.29) is 36.6 Å². The van der Waals surface area contributed by atoms with Crippen LogP contribution in [0.2, 0.25) is 0 Å². The van der Waals surface area contributed by atoms with Crippen LogP contribution < -0.4 is 0 Å². The van der Waals surface area contributed by atoms with E-state index in [9.17, 15) is 0 Å². The van der Waals surface area contributed by atoms with E-state index >= 15 is 0 Å². The molecule has 3 heterocycles. The Kier molecular flexibility index (Phi) is 5.46. The summed E-state index contributed by atoms with van der Waals surface area (Å²) in [4.78, 5) is 33.2. The van der Waals surface area contributed by atoms with E-state index in [2.05, 4.69) is 6.58 Å². The van der Waals surface area contributed by atoms with Crippen molar-refractivity contribution in [3.8, 4) is 0 Å². The highest BCUT2D eigenvalue weighted by atomic mass is 17.2. The maximum atomic E-state index is 5.56. The van der Waals surface area contributed by atoms with Crippen molar-refractivity contribution < 1.29 is 29.3 Å². The molecule has 0 aromatic heterocycles. The summed E-state index contributed by atoms with van der Waals surface area (Å²) in [5, 5.41) is 0. The lowest BCUT2D eigenvalue weighted by Crippen LogP contribution is -2.26. The average Bonchev–Trinajstić information content (AvgIpc) is 3.55. The van der Waals surface area contributed by atoms with Gasteiger partial charge in [0.1, 0.15) is 36.6 Å². The van der Waals surface area contributed by atoms with Crippen LogP contribution in [0.5, 0.6) is 0 Å². The van der Waals surface area contributed by atoms with Gasteiger partial charge < -0.3 is 0 Å². The SMILES string of the molecule is C=C(C1CC(c2ccccc2)OO1)C1CC(C2CC(c3ccccc3)OO2)OO1. The molecule has 3 aliphatic rings. The van der Waals surface area contributed by atoms with E-state index in [1.807, 2.05) is 60.7 Å². The van der Waals surface area contributed by atoms with Crippen LogP contribution in [0.1, 0.15) is 42.6 Å². The molecule has 2 aromatic rings. The summed E-state index contributed by atoms with van der Waals surface area (Å²) in [7, 11) is 0. The molecule has 2 aromatic carbocycles. The maximum absolute atomic E-state index is 5.56. The summed E-state index contributed by atoms with van der Waals surface area (Å²) in [5.41, 5.74) is 3.01. The molecule has 0 bridgehead atoms. The Balaban J connectivity index is 1.15. The molecule has 0 radical (unpaired) electrons. The minimum Gasteiger partial charge on any atom is -0.230 e. The second-order valence-electron chi connectivity index (χ2n) is 7.71. The molecule has 6 heteroatoms. The zero-order chi connectivity index (χ0) is 19.6. The van der Waals surface area contributed by atoms with E-state index in [4.69, 9.17) is 29.3 Å². The highest BCUT2D eigenvalue weighted by Crippen LogP contribution is 2.40. The first-order chi connectivity index (χ1) is 14.3. The lowest BCUT2D eigenvalue weighted by molar-refractivity contribution is -0.348. The molecule has 0 aliphatic carbocycles. The van der Waals surface area contributed by atoms with Crippen molar-refractivity contribution in [2.24, 2.45) is 0 Å². The molecule has 6 nitrogen and oxygen atoms in total. The van der Waals surface area contributed by atoms with Gasteiger partial charge in [0.15, 0.2) is 0 Å². The molecule has 29 heavy (non-hydrogen) atoms. The number of hydrogen-bond acceptors (Lipinski definition) is 6. The molecule has 5 rings (SSSR count). The first-order valence-corrected chi connectivity index (χ1v) is 10.0. The topological polar surface area (TPSA) is 55.4 Å². The largest absolute Gasteiger partial charge is 0.230 e. The monoisotopic (exact) mass is 396 g/mol. The second kappa shape index (κ2) is 8.36. The smallest absolute Gasteiger partial charge is 0.125 e. The van der Waals surface area contributed by atoms with Crippen molar-refractivity contribution in [2.75, 3.05) is 0 Å². The Hall–Kier alpha value is -2.06. The van der Waals surface area contributed by atoms with Crippen molar-refractivity contribution in [3.05, 3.63) is 83.9 Å². The van der Waals surface area contributed by atoms with Gasteiger partial charge in [0.25, 0.3) is 0 Å². The molecule has 3 saturated heterocycles. The molecular weight excluding hydrogens is 372 g/mol. The van der Waals surface area contributed by atoms with Gasteiger partial charge in [-0.25, -0.2) is 29.3 Å². The van der Waals surface area contributed by atoms with E-state index < -0.39 is 0 Å². The summed E-state index contributed by atoms with van der Waals surface area (Å²) in [6.07, 6.45) is 0.980. The third kappa shape index (κ3) is 4.00. The first-order valence-electron chi connectivity index (χ1n) is 10.0. The van der Waals surface area contributed by atoms with Crippen LogP contribution in [-0.2, 0) is 29.3 Å². The van der Waals surface area contributed by atoms with Gasteiger partial charge in [-0.3, -0.25) is 0 Å². The van der Waals surface area contributed by atoms with Crippen molar-refractivity contribution in [2.45, 2.75) is 55.9 Å². The minimum absolute atomic E-state index is 0.0924. The van der Waals surface area contributed by atoms with Crippen LogP contribution in [-0.4, -0.2) is 24.4 Å². The Bertz CT molecular complexity index is 826. The fourth-order valence-corrected chi connectivity index (χ4v) is 4.04. The summed E-state index contributed by atoms with van der Waals surface area (Å²) in [6, 6.07) is 20.1. The Morgan fingerprint density at radius 3 is 1.76 bits per heavy atom. The second-order valence-corrected chi connectivity index (χ2v) is 7.71. The van der Waals surface area contributed by atoms with E-state index in [0.29, 0.717) is 12.8 Å². The molecule has 6 unspecified atom stereocenters. The van der Waals surface area contributed by atoms with E-state index in [1.165, 1.54) is 0 Å². The fraction of sp³-hybridized carbons (Fsp3) is 0.391. The molecule has 3 aliphatic heterocycles. The molecule has 0 saturated carbocycles. The van der Waals surface area contributed by atoms with Crippen LogP contribution in [0.3, 0.4) is 0 Å². The lowest BCUT2D eigenvalue weighted by Gasteiger charge is -2.15.